The van der Waals surface area contributed by atoms with Crippen molar-refractivity contribution in [3.8, 4) is 11.5 Å². The van der Waals surface area contributed by atoms with Crippen LogP contribution in [-0.2, 0) is 0 Å². The quantitative estimate of drug-likeness (QED) is 0.646. The Kier molecular flexibility index (Phi) is 4.90. The normalized spacial score (nSPS) is 9.86. The number of unbranched alkanes of at least 4 members (excludes halogenated alkanes) is 1. The second-order valence-electron chi connectivity index (χ2n) is 2.94. The Hall–Kier alpha value is -1.18. The van der Waals surface area contributed by atoms with Gasteiger partial charge in [-0.1, -0.05) is 25.5 Å². The van der Waals surface area contributed by atoms with Crippen molar-refractivity contribution in [2.24, 2.45) is 0 Å². The van der Waals surface area contributed by atoms with Crippen molar-refractivity contribution in [1.29, 1.82) is 0 Å². The molecule has 0 N–H and O–H groups in total. The summed E-state index contributed by atoms with van der Waals surface area (Å²) < 4.78 is 11.0. The molecule has 0 heterocycles. The lowest BCUT2D eigenvalue weighted by atomic mass is 10.3. The van der Waals surface area contributed by atoms with Gasteiger partial charge >= 0.3 is 0 Å². The summed E-state index contributed by atoms with van der Waals surface area (Å²) in [5, 5.41) is 0. The summed E-state index contributed by atoms with van der Waals surface area (Å²) in [7, 11) is 0. The van der Waals surface area contributed by atoms with Crippen molar-refractivity contribution in [1.82, 2.24) is 0 Å². The fourth-order valence-electron chi connectivity index (χ4n) is 1.13. The summed E-state index contributed by atoms with van der Waals surface area (Å²) in [6.45, 7) is 7.09. The first-order valence-corrected chi connectivity index (χ1v) is 5.02. The molecular formula is C12H17O2. The van der Waals surface area contributed by atoms with Crippen LogP contribution in [0.4, 0.5) is 0 Å². The molecular weight excluding hydrogens is 176 g/mol. The van der Waals surface area contributed by atoms with Gasteiger partial charge in [-0.15, -0.1) is 0 Å². The first-order valence-electron chi connectivity index (χ1n) is 5.02. The molecule has 0 aromatic heterocycles. The van der Waals surface area contributed by atoms with Gasteiger partial charge in [0, 0.05) is 0 Å². The predicted octanol–water partition coefficient (Wildman–Crippen LogP) is 3.08. The molecule has 0 saturated carbocycles. The number of para-hydroxylation sites is 2. The maximum Gasteiger partial charge on any atom is 0.161 e. The highest BCUT2D eigenvalue weighted by molar-refractivity contribution is 5.39. The number of ether oxygens (including phenoxy) is 2. The van der Waals surface area contributed by atoms with Crippen molar-refractivity contribution >= 4 is 0 Å². The van der Waals surface area contributed by atoms with E-state index in [4.69, 9.17) is 9.47 Å². The maximum absolute atomic E-state index is 5.57. The van der Waals surface area contributed by atoms with Crippen molar-refractivity contribution in [2.45, 2.75) is 19.8 Å². The molecule has 0 atom stereocenters. The molecule has 1 aromatic rings. The van der Waals surface area contributed by atoms with Crippen LogP contribution in [0.25, 0.3) is 0 Å². The van der Waals surface area contributed by atoms with E-state index in [9.17, 15) is 0 Å². The van der Waals surface area contributed by atoms with Crippen LogP contribution in [0.15, 0.2) is 24.3 Å². The molecule has 0 saturated heterocycles. The van der Waals surface area contributed by atoms with E-state index >= 15 is 0 Å². The molecule has 0 aliphatic rings. The van der Waals surface area contributed by atoms with Crippen LogP contribution in [0.3, 0.4) is 0 Å². The van der Waals surface area contributed by atoms with Crippen LogP contribution >= 0.6 is 0 Å². The summed E-state index contributed by atoms with van der Waals surface area (Å²) >= 11 is 0. The van der Waals surface area contributed by atoms with E-state index in [1.165, 1.54) is 0 Å². The van der Waals surface area contributed by atoms with Crippen LogP contribution in [-0.4, -0.2) is 13.2 Å². The molecule has 0 bridgehead atoms. The van der Waals surface area contributed by atoms with Crippen LogP contribution < -0.4 is 9.47 Å². The van der Waals surface area contributed by atoms with Crippen LogP contribution in [0.5, 0.6) is 11.5 Å². The second kappa shape index (κ2) is 6.30. The van der Waals surface area contributed by atoms with E-state index in [1.807, 2.05) is 31.2 Å². The Morgan fingerprint density at radius 1 is 1.14 bits per heavy atom. The molecule has 2 heteroatoms. The van der Waals surface area contributed by atoms with Crippen molar-refractivity contribution < 1.29 is 9.47 Å². The Balaban J connectivity index is 2.55. The Morgan fingerprint density at radius 3 is 2.36 bits per heavy atom. The molecule has 14 heavy (non-hydrogen) atoms. The first-order chi connectivity index (χ1) is 6.88. The van der Waals surface area contributed by atoms with Gasteiger partial charge in [-0.3, -0.25) is 0 Å². The monoisotopic (exact) mass is 193 g/mol. The Morgan fingerprint density at radius 2 is 1.79 bits per heavy atom. The zero-order chi connectivity index (χ0) is 10.2. The highest BCUT2D eigenvalue weighted by Gasteiger charge is 2.01. The molecule has 0 aliphatic carbocycles. The van der Waals surface area contributed by atoms with E-state index < -0.39 is 0 Å². The van der Waals surface area contributed by atoms with E-state index in [2.05, 4.69) is 6.92 Å². The predicted molar refractivity (Wildman–Crippen MR) is 57.7 cm³/mol. The summed E-state index contributed by atoms with van der Waals surface area (Å²) in [6.07, 6.45) is 1.87. The van der Waals surface area contributed by atoms with Crippen LogP contribution in [0.2, 0.25) is 0 Å². The molecule has 77 valence electrons. The standard InChI is InChI=1S/C12H17O2/c1-3-5-10-14-12-9-7-6-8-11(12)13-4-2/h6-9H,1,3-5,10H2,2H3. The third-order valence-electron chi connectivity index (χ3n) is 1.80. The van der Waals surface area contributed by atoms with Gasteiger partial charge in [0.2, 0.25) is 0 Å². The number of rotatable bonds is 6. The fraction of sp³-hybridized carbons (Fsp3) is 0.417. The SMILES string of the molecule is [CH2]CCCOc1ccccc1OCC. The first kappa shape index (κ1) is 10.9. The zero-order valence-electron chi connectivity index (χ0n) is 8.66. The van der Waals surface area contributed by atoms with E-state index in [1.54, 1.807) is 0 Å². The van der Waals surface area contributed by atoms with E-state index in [0.717, 1.165) is 24.3 Å². The highest BCUT2D eigenvalue weighted by atomic mass is 16.5. The Labute approximate surface area is 85.8 Å². The molecule has 0 unspecified atom stereocenters. The summed E-state index contributed by atoms with van der Waals surface area (Å²) in [4.78, 5) is 0. The number of benzene rings is 1. The third-order valence-corrected chi connectivity index (χ3v) is 1.80. The summed E-state index contributed by atoms with van der Waals surface area (Å²) in [6, 6.07) is 7.73. The fourth-order valence-corrected chi connectivity index (χ4v) is 1.13. The molecule has 0 aliphatic heterocycles. The zero-order valence-corrected chi connectivity index (χ0v) is 8.66. The van der Waals surface area contributed by atoms with Gasteiger partial charge in [0.1, 0.15) is 0 Å². The lowest BCUT2D eigenvalue weighted by molar-refractivity contribution is 0.274. The second-order valence-corrected chi connectivity index (χ2v) is 2.94. The number of hydrogen-bond acceptors (Lipinski definition) is 2. The average Bonchev–Trinajstić information content (AvgIpc) is 2.21. The number of hydrogen-bond donors (Lipinski definition) is 0. The van der Waals surface area contributed by atoms with Gasteiger partial charge in [0.25, 0.3) is 0 Å². The highest BCUT2D eigenvalue weighted by Crippen LogP contribution is 2.26. The van der Waals surface area contributed by atoms with E-state index in [0.29, 0.717) is 13.2 Å². The van der Waals surface area contributed by atoms with Gasteiger partial charge < -0.3 is 9.47 Å². The minimum atomic E-state index is 0.662. The molecule has 2 nitrogen and oxygen atoms in total. The van der Waals surface area contributed by atoms with Crippen molar-refractivity contribution in [2.75, 3.05) is 13.2 Å². The van der Waals surface area contributed by atoms with Crippen molar-refractivity contribution in [3.05, 3.63) is 31.2 Å². The summed E-state index contributed by atoms with van der Waals surface area (Å²) in [5.74, 6) is 1.64. The smallest absolute Gasteiger partial charge is 0.161 e. The molecule has 0 spiro atoms. The molecule has 0 fully saturated rings. The molecule has 1 radical (unpaired) electrons. The molecule has 1 aromatic carbocycles. The van der Waals surface area contributed by atoms with Crippen molar-refractivity contribution in [3.63, 3.8) is 0 Å². The van der Waals surface area contributed by atoms with Gasteiger partial charge in [-0.05, 0) is 25.5 Å². The van der Waals surface area contributed by atoms with Gasteiger partial charge in [-0.25, -0.2) is 0 Å². The average molecular weight is 193 g/mol. The molecule has 1 rings (SSSR count). The topological polar surface area (TPSA) is 18.5 Å². The Bertz CT molecular complexity index is 258. The largest absolute Gasteiger partial charge is 0.490 e. The minimum Gasteiger partial charge on any atom is -0.490 e. The molecule has 0 amide bonds. The van der Waals surface area contributed by atoms with E-state index in [-0.39, 0.29) is 0 Å². The van der Waals surface area contributed by atoms with Crippen LogP contribution in [0, 0.1) is 6.92 Å². The lowest BCUT2D eigenvalue weighted by Crippen LogP contribution is -2.00. The maximum atomic E-state index is 5.57. The third kappa shape index (κ3) is 3.29. The van der Waals surface area contributed by atoms with Gasteiger partial charge in [0.05, 0.1) is 13.2 Å². The van der Waals surface area contributed by atoms with Crippen LogP contribution in [0.1, 0.15) is 19.8 Å². The van der Waals surface area contributed by atoms with Gasteiger partial charge in [-0.2, -0.15) is 0 Å². The minimum absolute atomic E-state index is 0.662. The lowest BCUT2D eigenvalue weighted by Gasteiger charge is -2.10. The van der Waals surface area contributed by atoms with Gasteiger partial charge in [0.15, 0.2) is 11.5 Å². The summed E-state index contributed by atoms with van der Waals surface area (Å²) in [5.41, 5.74) is 0.